The lowest BCUT2D eigenvalue weighted by atomic mass is 9.96. The minimum absolute atomic E-state index is 0.0434. The van der Waals surface area contributed by atoms with Crippen molar-refractivity contribution >= 4 is 11.4 Å². The molecule has 1 atom stereocenters. The smallest absolute Gasteiger partial charge is 0.296 e. The van der Waals surface area contributed by atoms with Gasteiger partial charge in [-0.05, 0) is 13.0 Å². The van der Waals surface area contributed by atoms with E-state index < -0.39 is 5.60 Å². The van der Waals surface area contributed by atoms with E-state index in [9.17, 15) is 10.1 Å². The quantitative estimate of drug-likeness (QED) is 0.627. The second-order valence-electron chi connectivity index (χ2n) is 5.87. The van der Waals surface area contributed by atoms with E-state index in [0.717, 1.165) is 5.56 Å². The first-order valence-corrected chi connectivity index (χ1v) is 7.22. The lowest BCUT2D eigenvalue weighted by Gasteiger charge is -2.28. The average Bonchev–Trinajstić information content (AvgIpc) is 2.82. The summed E-state index contributed by atoms with van der Waals surface area (Å²) in [5.74, 6) is 0.515. The van der Waals surface area contributed by atoms with Crippen molar-refractivity contribution in [2.24, 2.45) is 0 Å². The number of nitrogens with zero attached hydrogens (tertiary/aromatic N) is 3. The molecule has 0 radical (unpaired) electrons. The van der Waals surface area contributed by atoms with Crippen molar-refractivity contribution in [2.45, 2.75) is 25.4 Å². The normalized spacial score (nSPS) is 23.5. The summed E-state index contributed by atoms with van der Waals surface area (Å²) >= 11 is 0. The van der Waals surface area contributed by atoms with Gasteiger partial charge >= 0.3 is 0 Å². The Balaban J connectivity index is 1.99. The minimum atomic E-state index is -0.603. The van der Waals surface area contributed by atoms with Crippen molar-refractivity contribution in [3.63, 3.8) is 0 Å². The topological polar surface area (TPSA) is 88.6 Å². The first-order chi connectivity index (χ1) is 10.5. The lowest BCUT2D eigenvalue weighted by Crippen LogP contribution is -2.36. The van der Waals surface area contributed by atoms with Gasteiger partial charge in [-0.1, -0.05) is 0 Å². The van der Waals surface area contributed by atoms with Crippen LogP contribution >= 0.6 is 0 Å². The SMILES string of the molecule is CC1(CC#N)Cc2cc(N3CCOCC3)c([N+](=O)[O-])cc2O1. The van der Waals surface area contributed by atoms with E-state index in [1.807, 2.05) is 17.9 Å². The summed E-state index contributed by atoms with van der Waals surface area (Å²) in [5, 5.41) is 20.3. The van der Waals surface area contributed by atoms with Crippen LogP contribution in [-0.4, -0.2) is 36.8 Å². The van der Waals surface area contributed by atoms with Crippen LogP contribution < -0.4 is 9.64 Å². The van der Waals surface area contributed by atoms with Gasteiger partial charge in [0.25, 0.3) is 5.69 Å². The Morgan fingerprint density at radius 1 is 1.45 bits per heavy atom. The molecule has 1 saturated heterocycles. The van der Waals surface area contributed by atoms with Gasteiger partial charge in [-0.15, -0.1) is 0 Å². The zero-order chi connectivity index (χ0) is 15.7. The van der Waals surface area contributed by atoms with Crippen molar-refractivity contribution in [1.82, 2.24) is 0 Å². The number of benzene rings is 1. The third-order valence-electron chi connectivity index (χ3n) is 4.08. The second-order valence-corrected chi connectivity index (χ2v) is 5.87. The van der Waals surface area contributed by atoms with E-state index >= 15 is 0 Å². The summed E-state index contributed by atoms with van der Waals surface area (Å²) in [6, 6.07) is 5.44. The highest BCUT2D eigenvalue weighted by molar-refractivity contribution is 5.69. The molecular formula is C15H17N3O4. The largest absolute Gasteiger partial charge is 0.486 e. The molecule has 0 N–H and O–H groups in total. The van der Waals surface area contributed by atoms with Crippen LogP contribution in [0.25, 0.3) is 0 Å². The fourth-order valence-corrected chi connectivity index (χ4v) is 3.01. The number of ether oxygens (including phenoxy) is 2. The van der Waals surface area contributed by atoms with Gasteiger partial charge in [-0.3, -0.25) is 10.1 Å². The maximum absolute atomic E-state index is 11.4. The first-order valence-electron chi connectivity index (χ1n) is 7.22. The molecule has 0 aliphatic carbocycles. The van der Waals surface area contributed by atoms with E-state index in [1.54, 1.807) is 0 Å². The monoisotopic (exact) mass is 303 g/mol. The molecule has 116 valence electrons. The molecule has 22 heavy (non-hydrogen) atoms. The molecule has 2 aliphatic rings. The summed E-state index contributed by atoms with van der Waals surface area (Å²) < 4.78 is 11.1. The Bertz CT molecular complexity index is 649. The highest BCUT2D eigenvalue weighted by Crippen LogP contribution is 2.43. The average molecular weight is 303 g/mol. The van der Waals surface area contributed by atoms with Crippen LogP contribution in [0, 0.1) is 21.4 Å². The molecule has 0 spiro atoms. The molecule has 3 rings (SSSR count). The number of hydrogen-bond donors (Lipinski definition) is 0. The molecule has 0 amide bonds. The van der Waals surface area contributed by atoms with Crippen molar-refractivity contribution < 1.29 is 14.4 Å². The standard InChI is InChI=1S/C15H17N3O4/c1-15(2-3-16)10-11-8-12(17-4-6-21-7-5-17)13(18(19)20)9-14(11)22-15/h8-9H,2,4-7,10H2,1H3. The van der Waals surface area contributed by atoms with Gasteiger partial charge in [-0.2, -0.15) is 5.26 Å². The fraction of sp³-hybridized carbons (Fsp3) is 0.533. The molecule has 2 heterocycles. The van der Waals surface area contributed by atoms with Gasteiger partial charge in [0.1, 0.15) is 17.0 Å². The van der Waals surface area contributed by atoms with Gasteiger partial charge in [0.15, 0.2) is 0 Å². The van der Waals surface area contributed by atoms with Crippen LogP contribution in [0.5, 0.6) is 5.75 Å². The van der Waals surface area contributed by atoms with E-state index in [2.05, 4.69) is 6.07 Å². The number of fused-ring (bicyclic) bond motifs is 1. The molecule has 1 aromatic rings. The maximum Gasteiger partial charge on any atom is 0.296 e. The van der Waals surface area contributed by atoms with E-state index in [0.29, 0.717) is 44.2 Å². The Kier molecular flexibility index (Phi) is 3.62. The summed E-state index contributed by atoms with van der Waals surface area (Å²) in [7, 11) is 0. The Hall–Kier alpha value is -2.33. The van der Waals surface area contributed by atoms with Crippen LogP contribution in [0.1, 0.15) is 18.9 Å². The third kappa shape index (κ3) is 2.57. The van der Waals surface area contributed by atoms with Crippen LogP contribution in [0.4, 0.5) is 11.4 Å². The minimum Gasteiger partial charge on any atom is -0.486 e. The molecule has 0 aromatic heterocycles. The zero-order valence-corrected chi connectivity index (χ0v) is 12.4. The van der Waals surface area contributed by atoms with Crippen molar-refractivity contribution in [3.8, 4) is 11.8 Å². The lowest BCUT2D eigenvalue weighted by molar-refractivity contribution is -0.384. The maximum atomic E-state index is 11.4. The Morgan fingerprint density at radius 2 is 2.18 bits per heavy atom. The molecule has 1 unspecified atom stereocenters. The number of nitriles is 1. The van der Waals surface area contributed by atoms with Gasteiger partial charge in [0, 0.05) is 25.1 Å². The third-order valence-corrected chi connectivity index (χ3v) is 4.08. The second kappa shape index (κ2) is 5.46. The zero-order valence-electron chi connectivity index (χ0n) is 12.4. The van der Waals surface area contributed by atoms with Crippen LogP contribution in [0.2, 0.25) is 0 Å². The van der Waals surface area contributed by atoms with Crippen LogP contribution in [0.15, 0.2) is 12.1 Å². The van der Waals surface area contributed by atoms with Gasteiger partial charge in [0.05, 0.1) is 36.7 Å². The number of morpholine rings is 1. The van der Waals surface area contributed by atoms with Gasteiger partial charge in [0.2, 0.25) is 0 Å². The predicted molar refractivity (Wildman–Crippen MR) is 79.1 cm³/mol. The van der Waals surface area contributed by atoms with Crippen molar-refractivity contribution in [3.05, 3.63) is 27.8 Å². The Morgan fingerprint density at radius 3 is 2.82 bits per heavy atom. The van der Waals surface area contributed by atoms with Crippen LogP contribution in [-0.2, 0) is 11.2 Å². The fourth-order valence-electron chi connectivity index (χ4n) is 3.01. The molecule has 1 aromatic carbocycles. The number of rotatable bonds is 3. The van der Waals surface area contributed by atoms with E-state index in [-0.39, 0.29) is 17.0 Å². The van der Waals surface area contributed by atoms with Crippen molar-refractivity contribution in [1.29, 1.82) is 5.26 Å². The molecule has 7 heteroatoms. The van der Waals surface area contributed by atoms with E-state index in [4.69, 9.17) is 14.7 Å². The van der Waals surface area contributed by atoms with Gasteiger partial charge in [-0.25, -0.2) is 0 Å². The number of hydrogen-bond acceptors (Lipinski definition) is 6. The summed E-state index contributed by atoms with van der Waals surface area (Å²) in [4.78, 5) is 13.0. The number of nitro groups is 1. The van der Waals surface area contributed by atoms with E-state index in [1.165, 1.54) is 6.07 Å². The first kappa shape index (κ1) is 14.6. The highest BCUT2D eigenvalue weighted by Gasteiger charge is 2.37. The number of nitro benzene ring substituents is 1. The number of anilines is 1. The molecule has 7 nitrogen and oxygen atoms in total. The Labute approximate surface area is 128 Å². The molecule has 0 bridgehead atoms. The van der Waals surface area contributed by atoms with Gasteiger partial charge < -0.3 is 14.4 Å². The summed E-state index contributed by atoms with van der Waals surface area (Å²) in [6.07, 6.45) is 0.841. The van der Waals surface area contributed by atoms with Crippen LogP contribution in [0.3, 0.4) is 0 Å². The predicted octanol–water partition coefficient (Wildman–Crippen LogP) is 2.04. The molecule has 1 fully saturated rings. The van der Waals surface area contributed by atoms with Crippen molar-refractivity contribution in [2.75, 3.05) is 31.2 Å². The summed E-state index contributed by atoms with van der Waals surface area (Å²) in [6.45, 7) is 4.26. The molecule has 0 saturated carbocycles. The molecular weight excluding hydrogens is 286 g/mol. The molecule has 2 aliphatic heterocycles. The summed E-state index contributed by atoms with van der Waals surface area (Å²) in [5.41, 5.74) is 0.970. The highest BCUT2D eigenvalue weighted by atomic mass is 16.6.